The first-order chi connectivity index (χ1) is 20.1. The molecule has 2 N–H and O–H groups in total. The van der Waals surface area contributed by atoms with Crippen LogP contribution in [0.1, 0.15) is 32.6 Å². The fraction of sp³-hybridized carbons (Fsp3) is 0.226. The van der Waals surface area contributed by atoms with Gasteiger partial charge >= 0.3 is 0 Å². The van der Waals surface area contributed by atoms with E-state index < -0.39 is 27.2 Å². The summed E-state index contributed by atoms with van der Waals surface area (Å²) in [6, 6.07) is 14.0. The number of rotatable bonds is 9. The van der Waals surface area contributed by atoms with Crippen LogP contribution in [0.5, 0.6) is 11.5 Å². The van der Waals surface area contributed by atoms with Crippen molar-refractivity contribution in [2.24, 2.45) is 5.92 Å². The third-order valence-corrected chi connectivity index (χ3v) is 9.12. The number of nitrogens with two attached hydrogens (primary N) is 1. The van der Waals surface area contributed by atoms with Gasteiger partial charge in [-0.05, 0) is 66.1 Å². The number of carbonyl (C=O) groups is 1. The maximum atomic E-state index is 14.9. The summed E-state index contributed by atoms with van der Waals surface area (Å²) in [5.74, 6) is -1.33. The summed E-state index contributed by atoms with van der Waals surface area (Å²) in [6.45, 7) is 2.61. The third kappa shape index (κ3) is 5.45. The molecule has 0 amide bonds. The van der Waals surface area contributed by atoms with Gasteiger partial charge in [0.2, 0.25) is 0 Å². The number of anilines is 1. The van der Waals surface area contributed by atoms with E-state index in [1.165, 1.54) is 35.1 Å². The summed E-state index contributed by atoms with van der Waals surface area (Å²) >= 11 is 0. The van der Waals surface area contributed by atoms with Crippen LogP contribution >= 0.6 is 0 Å². The fourth-order valence-corrected chi connectivity index (χ4v) is 6.91. The number of aromatic nitrogens is 2. The normalized spacial score (nSPS) is 14.8. The van der Waals surface area contributed by atoms with E-state index in [-0.39, 0.29) is 46.6 Å². The predicted molar refractivity (Wildman–Crippen MR) is 153 cm³/mol. The lowest BCUT2D eigenvalue weighted by Crippen LogP contribution is -2.34. The van der Waals surface area contributed by atoms with Gasteiger partial charge in [0.05, 0.1) is 42.2 Å². The minimum absolute atomic E-state index is 0.0461. The highest BCUT2D eigenvalue weighted by atomic mass is 32.2. The number of hydrogen-bond donors (Lipinski definition) is 1. The molecule has 1 aliphatic carbocycles. The van der Waals surface area contributed by atoms with Gasteiger partial charge in [-0.1, -0.05) is 18.2 Å². The van der Waals surface area contributed by atoms with Gasteiger partial charge in [0.25, 0.3) is 0 Å². The summed E-state index contributed by atoms with van der Waals surface area (Å²) in [6.07, 6.45) is 3.19. The number of nitrogens with zero attached hydrogens (tertiary/aromatic N) is 2. The van der Waals surface area contributed by atoms with Crippen LogP contribution in [0.2, 0.25) is 0 Å². The van der Waals surface area contributed by atoms with Gasteiger partial charge in [-0.3, -0.25) is 4.79 Å². The fourth-order valence-electron chi connectivity index (χ4n) is 5.19. The highest BCUT2D eigenvalue weighted by Crippen LogP contribution is 2.33. The van der Waals surface area contributed by atoms with Crippen LogP contribution in [0, 0.1) is 24.5 Å². The molecule has 216 valence electrons. The molecule has 4 aromatic rings. The van der Waals surface area contributed by atoms with E-state index in [1.54, 1.807) is 36.4 Å². The largest absolute Gasteiger partial charge is 0.454 e. The molecule has 2 heterocycles. The van der Waals surface area contributed by atoms with Crippen molar-refractivity contribution >= 4 is 27.5 Å². The molecule has 3 aromatic carbocycles. The Labute approximate surface area is 241 Å². The van der Waals surface area contributed by atoms with Gasteiger partial charge in [0, 0.05) is 23.5 Å². The van der Waals surface area contributed by atoms with Crippen LogP contribution in [-0.4, -0.2) is 42.9 Å². The summed E-state index contributed by atoms with van der Waals surface area (Å²) in [5, 5.41) is 4.33. The molecule has 0 radical (unpaired) electrons. The number of ketones is 1. The van der Waals surface area contributed by atoms with Crippen LogP contribution in [0.3, 0.4) is 0 Å². The standard InChI is InChI=1S/C31H27F2N3O5S/c1-18-8-24(41-29-5-3-2-4-26(29)32)6-7-28(18)36-31(34)25(13-35-36)30(37)22-9-20-11-23(27(33)12-21(20)10-22)17-42(38,39)16-19-14-40-15-19/h2-8,10-13,19H,9,14-17,34H2,1H3. The Bertz CT molecular complexity index is 1860. The zero-order chi connectivity index (χ0) is 29.6. The van der Waals surface area contributed by atoms with Crippen LogP contribution in [0.4, 0.5) is 14.6 Å². The maximum Gasteiger partial charge on any atom is 0.194 e. The van der Waals surface area contributed by atoms with Crippen molar-refractivity contribution in [3.63, 3.8) is 0 Å². The highest BCUT2D eigenvalue weighted by molar-refractivity contribution is 7.90. The van der Waals surface area contributed by atoms with Gasteiger partial charge < -0.3 is 15.2 Å². The minimum atomic E-state index is -3.52. The molecule has 1 fully saturated rings. The van der Waals surface area contributed by atoms with Gasteiger partial charge in [-0.25, -0.2) is 21.9 Å². The molecule has 0 unspecified atom stereocenters. The molecular formula is C31H27F2N3O5S. The van der Waals surface area contributed by atoms with Crippen molar-refractivity contribution in [2.45, 2.75) is 19.1 Å². The van der Waals surface area contributed by atoms with Crippen LogP contribution < -0.4 is 10.5 Å². The van der Waals surface area contributed by atoms with Crippen LogP contribution in [0.25, 0.3) is 11.8 Å². The lowest BCUT2D eigenvalue weighted by molar-refractivity contribution is -0.0204. The van der Waals surface area contributed by atoms with Crippen LogP contribution in [0.15, 0.2) is 66.4 Å². The van der Waals surface area contributed by atoms with Gasteiger partial charge in [-0.2, -0.15) is 5.10 Å². The first kappa shape index (κ1) is 27.8. The number of carbonyl (C=O) groups excluding carboxylic acids is 1. The number of benzene rings is 3. The summed E-state index contributed by atoms with van der Waals surface area (Å²) in [4.78, 5) is 13.5. The molecule has 0 atom stereocenters. The lowest BCUT2D eigenvalue weighted by atomic mass is 10.0. The van der Waals surface area contributed by atoms with Crippen molar-refractivity contribution in [3.8, 4) is 17.2 Å². The van der Waals surface area contributed by atoms with Crippen molar-refractivity contribution in [2.75, 3.05) is 24.7 Å². The third-order valence-electron chi connectivity index (χ3n) is 7.39. The predicted octanol–water partition coefficient (Wildman–Crippen LogP) is 5.22. The highest BCUT2D eigenvalue weighted by Gasteiger charge is 2.29. The monoisotopic (exact) mass is 591 g/mol. The Morgan fingerprint density at radius 2 is 1.90 bits per heavy atom. The second kappa shape index (κ2) is 10.8. The molecule has 1 aliphatic heterocycles. The van der Waals surface area contributed by atoms with Gasteiger partial charge in [0.1, 0.15) is 17.4 Å². The number of fused-ring (bicyclic) bond motifs is 1. The van der Waals surface area contributed by atoms with E-state index in [4.69, 9.17) is 15.2 Å². The molecule has 0 saturated carbocycles. The number of hydrogen-bond acceptors (Lipinski definition) is 7. The minimum Gasteiger partial charge on any atom is -0.454 e. The number of halogens is 2. The molecule has 1 aromatic heterocycles. The molecule has 8 nitrogen and oxygen atoms in total. The molecular weight excluding hydrogens is 564 g/mol. The Morgan fingerprint density at radius 3 is 2.62 bits per heavy atom. The summed E-state index contributed by atoms with van der Waals surface area (Å²) < 4.78 is 66.1. The quantitative estimate of drug-likeness (QED) is 0.266. The van der Waals surface area contributed by atoms with E-state index in [1.807, 2.05) is 6.92 Å². The number of ether oxygens (including phenoxy) is 2. The van der Waals surface area contributed by atoms with E-state index in [0.29, 0.717) is 41.4 Å². The summed E-state index contributed by atoms with van der Waals surface area (Å²) in [5.41, 5.74) is 9.57. The number of para-hydroxylation sites is 1. The molecule has 0 spiro atoms. The maximum absolute atomic E-state index is 14.9. The molecule has 11 heteroatoms. The summed E-state index contributed by atoms with van der Waals surface area (Å²) in [7, 11) is -3.52. The van der Waals surface area contributed by atoms with Crippen molar-refractivity contribution < 1.29 is 31.5 Å². The van der Waals surface area contributed by atoms with E-state index >= 15 is 0 Å². The molecule has 0 bridgehead atoms. The van der Waals surface area contributed by atoms with Gasteiger partial charge in [0.15, 0.2) is 27.2 Å². The number of Topliss-reactive ketones (excluding diaryl/α,β-unsaturated/α-hetero) is 1. The Morgan fingerprint density at radius 1 is 1.12 bits per heavy atom. The molecule has 2 aliphatic rings. The zero-order valence-electron chi connectivity index (χ0n) is 22.6. The Balaban J connectivity index is 1.19. The molecule has 6 rings (SSSR count). The Hall–Kier alpha value is -4.35. The van der Waals surface area contributed by atoms with Crippen molar-refractivity contribution in [3.05, 3.63) is 106 Å². The van der Waals surface area contributed by atoms with E-state index in [9.17, 15) is 22.0 Å². The van der Waals surface area contributed by atoms with E-state index in [0.717, 1.165) is 5.56 Å². The second-order valence-corrected chi connectivity index (χ2v) is 12.7. The Kier molecular flexibility index (Phi) is 7.15. The first-order valence-corrected chi connectivity index (χ1v) is 15.1. The zero-order valence-corrected chi connectivity index (χ0v) is 23.5. The molecule has 42 heavy (non-hydrogen) atoms. The molecule has 1 saturated heterocycles. The number of nitrogen functional groups attached to an aromatic ring is 1. The topological polar surface area (TPSA) is 114 Å². The van der Waals surface area contributed by atoms with Gasteiger partial charge in [-0.15, -0.1) is 0 Å². The average Bonchev–Trinajstić information content (AvgIpc) is 3.50. The van der Waals surface area contributed by atoms with Crippen LogP contribution in [-0.2, 0) is 26.7 Å². The second-order valence-electron chi connectivity index (χ2n) is 10.6. The first-order valence-electron chi connectivity index (χ1n) is 13.3. The van der Waals surface area contributed by atoms with Crippen molar-refractivity contribution in [1.29, 1.82) is 0 Å². The number of allylic oxidation sites excluding steroid dienone is 1. The number of sulfone groups is 1. The SMILES string of the molecule is Cc1cc(Oc2ccccc2F)ccc1-n1ncc(C(=O)C2=Cc3cc(F)c(CS(=O)(=O)CC4COC4)cc3C2)c1N. The van der Waals surface area contributed by atoms with E-state index in [2.05, 4.69) is 5.10 Å². The lowest BCUT2D eigenvalue weighted by Gasteiger charge is -2.25. The number of aryl methyl sites for hydroxylation is 1. The average molecular weight is 592 g/mol. The van der Waals surface area contributed by atoms with Crippen molar-refractivity contribution in [1.82, 2.24) is 9.78 Å². The smallest absolute Gasteiger partial charge is 0.194 e.